The van der Waals surface area contributed by atoms with E-state index in [0.29, 0.717) is 5.56 Å². The number of anilines is 1. The van der Waals surface area contributed by atoms with Crippen LogP contribution < -0.4 is 5.32 Å². The molecule has 2 aromatic carbocycles. The molecule has 0 unspecified atom stereocenters. The number of nitrogens with one attached hydrogen (secondary N) is 1. The van der Waals surface area contributed by atoms with Crippen LogP contribution in [-0.2, 0) is 16.6 Å². The van der Waals surface area contributed by atoms with Crippen LogP contribution in [0.3, 0.4) is 0 Å². The Bertz CT molecular complexity index is 918. The van der Waals surface area contributed by atoms with Crippen LogP contribution in [0.1, 0.15) is 5.56 Å². The smallest absolute Gasteiger partial charge is 0.306 e. The van der Waals surface area contributed by atoms with Crippen molar-refractivity contribution in [2.45, 2.75) is 11.4 Å². The number of amides is 2. The minimum atomic E-state index is -4.08. The van der Waals surface area contributed by atoms with Crippen molar-refractivity contribution in [3.8, 4) is 0 Å². The molecule has 0 aromatic heterocycles. The molecule has 0 saturated heterocycles. The number of urea groups is 1. The number of carbonyl (C=O) groups is 1. The van der Waals surface area contributed by atoms with Crippen molar-refractivity contribution in [1.29, 1.82) is 0 Å². The Morgan fingerprint density at radius 1 is 1.17 bits per heavy atom. The Labute approximate surface area is 151 Å². The maximum atomic E-state index is 12.8. The first-order chi connectivity index (χ1) is 10.8. The third kappa shape index (κ3) is 3.06. The van der Waals surface area contributed by atoms with Gasteiger partial charge in [-0.3, -0.25) is 0 Å². The van der Waals surface area contributed by atoms with Gasteiger partial charge in [-0.1, -0.05) is 51.3 Å². The van der Waals surface area contributed by atoms with Gasteiger partial charge >= 0.3 is 6.03 Å². The van der Waals surface area contributed by atoms with Crippen molar-refractivity contribution < 1.29 is 13.2 Å². The normalized spacial score (nSPS) is 16.0. The number of halogens is 3. The molecule has 0 aliphatic carbocycles. The lowest BCUT2D eigenvalue weighted by Crippen LogP contribution is -2.43. The Hall–Kier alpha value is -1.28. The molecule has 2 amide bonds. The minimum absolute atomic E-state index is 0.0354. The maximum Gasteiger partial charge on any atom is 0.336 e. The maximum absolute atomic E-state index is 12.8. The van der Waals surface area contributed by atoms with Gasteiger partial charge in [0.05, 0.1) is 17.3 Å². The van der Waals surface area contributed by atoms with E-state index >= 15 is 0 Å². The summed E-state index contributed by atoms with van der Waals surface area (Å²) in [5.41, 5.74) is 0.740. The van der Waals surface area contributed by atoms with Crippen LogP contribution in [0.25, 0.3) is 0 Å². The van der Waals surface area contributed by atoms with E-state index in [9.17, 15) is 13.2 Å². The van der Waals surface area contributed by atoms with E-state index in [1.807, 2.05) is 6.07 Å². The van der Waals surface area contributed by atoms with Crippen LogP contribution in [0.15, 0.2) is 45.8 Å². The first-order valence-corrected chi connectivity index (χ1v) is 9.35. The highest BCUT2D eigenvalue weighted by Gasteiger charge is 2.38. The van der Waals surface area contributed by atoms with Gasteiger partial charge in [-0.05, 0) is 29.8 Å². The number of hydrogen-bond acceptors (Lipinski definition) is 3. The highest BCUT2D eigenvalue weighted by atomic mass is 79.9. The summed E-state index contributed by atoms with van der Waals surface area (Å²) >= 11 is 15.2. The largest absolute Gasteiger partial charge is 0.336 e. The lowest BCUT2D eigenvalue weighted by molar-refractivity contribution is 0.233. The summed E-state index contributed by atoms with van der Waals surface area (Å²) in [6.07, 6.45) is 0. The third-order valence-corrected chi connectivity index (χ3v) is 6.19. The van der Waals surface area contributed by atoms with Gasteiger partial charge < -0.3 is 5.32 Å². The van der Waals surface area contributed by atoms with E-state index < -0.39 is 16.1 Å². The van der Waals surface area contributed by atoms with E-state index in [1.165, 1.54) is 12.1 Å². The fourth-order valence-corrected chi connectivity index (χ4v) is 5.00. The molecule has 1 N–H and O–H groups in total. The van der Waals surface area contributed by atoms with Gasteiger partial charge in [-0.25, -0.2) is 17.5 Å². The summed E-state index contributed by atoms with van der Waals surface area (Å²) in [7, 11) is -4.08. The molecule has 0 spiro atoms. The standard InChI is InChI=1S/C14H9BrCl2N2O3S/c15-9-3-1-2-8(4-9)7-19-14(20)18-12-6-10(16)5-11(17)13(12)23(19,21)22/h1-6H,7H2,(H,18,20). The molecule has 120 valence electrons. The van der Waals surface area contributed by atoms with Gasteiger partial charge in [0.2, 0.25) is 0 Å². The lowest BCUT2D eigenvalue weighted by Gasteiger charge is -2.29. The van der Waals surface area contributed by atoms with Crippen molar-refractivity contribution >= 4 is 60.9 Å². The zero-order chi connectivity index (χ0) is 16.8. The van der Waals surface area contributed by atoms with Gasteiger partial charge in [0, 0.05) is 9.50 Å². The quantitative estimate of drug-likeness (QED) is 0.755. The summed E-state index contributed by atoms with van der Waals surface area (Å²) in [4.78, 5) is 12.1. The van der Waals surface area contributed by atoms with E-state index in [2.05, 4.69) is 21.2 Å². The van der Waals surface area contributed by atoms with E-state index in [-0.39, 0.29) is 27.2 Å². The molecule has 0 saturated carbocycles. The van der Waals surface area contributed by atoms with Gasteiger partial charge in [0.1, 0.15) is 4.90 Å². The number of benzene rings is 2. The van der Waals surface area contributed by atoms with Gasteiger partial charge in [0.25, 0.3) is 10.0 Å². The SMILES string of the molecule is O=C1Nc2cc(Cl)cc(Cl)c2S(=O)(=O)N1Cc1cccc(Br)c1. The average Bonchev–Trinajstić information content (AvgIpc) is 2.42. The molecule has 5 nitrogen and oxygen atoms in total. The first kappa shape index (κ1) is 16.6. The van der Waals surface area contributed by atoms with Crippen molar-refractivity contribution in [1.82, 2.24) is 4.31 Å². The predicted octanol–water partition coefficient (Wildman–Crippen LogP) is 4.49. The molecule has 2 aromatic rings. The second-order valence-corrected chi connectivity index (χ2v) is 8.39. The molecule has 0 radical (unpaired) electrons. The first-order valence-electron chi connectivity index (χ1n) is 6.36. The number of fused-ring (bicyclic) bond motifs is 1. The van der Waals surface area contributed by atoms with Crippen LogP contribution in [-0.4, -0.2) is 18.8 Å². The zero-order valence-electron chi connectivity index (χ0n) is 11.4. The Morgan fingerprint density at radius 3 is 2.61 bits per heavy atom. The fraction of sp³-hybridized carbons (Fsp3) is 0.0714. The molecule has 1 aliphatic rings. The predicted molar refractivity (Wildman–Crippen MR) is 92.4 cm³/mol. The summed E-state index contributed by atoms with van der Waals surface area (Å²) in [6.45, 7) is -0.105. The average molecular weight is 436 g/mol. The minimum Gasteiger partial charge on any atom is -0.306 e. The van der Waals surface area contributed by atoms with Crippen LogP contribution in [0.4, 0.5) is 10.5 Å². The number of rotatable bonds is 2. The molecule has 3 rings (SSSR count). The van der Waals surface area contributed by atoms with E-state index in [4.69, 9.17) is 23.2 Å². The number of sulfonamides is 1. The molecule has 9 heteroatoms. The second kappa shape index (κ2) is 5.98. The molecule has 23 heavy (non-hydrogen) atoms. The summed E-state index contributed by atoms with van der Waals surface area (Å²) in [6, 6.07) is 8.96. The molecule has 0 atom stereocenters. The summed E-state index contributed by atoms with van der Waals surface area (Å²) in [5.74, 6) is 0. The van der Waals surface area contributed by atoms with E-state index in [0.717, 1.165) is 8.78 Å². The molecule has 1 heterocycles. The number of nitrogens with zero attached hydrogens (tertiary/aromatic N) is 1. The molecular formula is C14H9BrCl2N2O3S. The van der Waals surface area contributed by atoms with Crippen LogP contribution in [0, 0.1) is 0 Å². The van der Waals surface area contributed by atoms with Crippen LogP contribution in [0.5, 0.6) is 0 Å². The lowest BCUT2D eigenvalue weighted by atomic mass is 10.2. The van der Waals surface area contributed by atoms with Crippen LogP contribution >= 0.6 is 39.1 Å². The van der Waals surface area contributed by atoms with Crippen molar-refractivity contribution in [3.63, 3.8) is 0 Å². The monoisotopic (exact) mass is 434 g/mol. The fourth-order valence-electron chi connectivity index (χ4n) is 2.27. The van der Waals surface area contributed by atoms with Crippen molar-refractivity contribution in [2.24, 2.45) is 0 Å². The Morgan fingerprint density at radius 2 is 1.91 bits per heavy atom. The second-order valence-electron chi connectivity index (χ2n) is 4.84. The highest BCUT2D eigenvalue weighted by Crippen LogP contribution is 2.38. The van der Waals surface area contributed by atoms with Gasteiger partial charge in [-0.15, -0.1) is 0 Å². The molecule has 1 aliphatic heterocycles. The summed E-state index contributed by atoms with van der Waals surface area (Å²) < 4.78 is 27.1. The van der Waals surface area contributed by atoms with Gasteiger partial charge in [0.15, 0.2) is 0 Å². The molecule has 0 fully saturated rings. The Kier molecular flexibility index (Phi) is 4.31. The number of carbonyl (C=O) groups excluding carboxylic acids is 1. The molecular weight excluding hydrogens is 427 g/mol. The van der Waals surface area contributed by atoms with Gasteiger partial charge in [-0.2, -0.15) is 0 Å². The topological polar surface area (TPSA) is 66.5 Å². The third-order valence-electron chi connectivity index (χ3n) is 3.24. The van der Waals surface area contributed by atoms with Crippen molar-refractivity contribution in [3.05, 3.63) is 56.5 Å². The summed E-state index contributed by atoms with van der Waals surface area (Å²) in [5, 5.41) is 2.71. The Balaban J connectivity index is 2.08. The van der Waals surface area contributed by atoms with Crippen molar-refractivity contribution in [2.75, 3.05) is 5.32 Å². The van der Waals surface area contributed by atoms with E-state index in [1.54, 1.807) is 18.2 Å². The molecule has 0 bridgehead atoms. The van der Waals surface area contributed by atoms with Crippen LogP contribution in [0.2, 0.25) is 10.0 Å². The zero-order valence-corrected chi connectivity index (χ0v) is 15.3. The number of hydrogen-bond donors (Lipinski definition) is 1. The highest BCUT2D eigenvalue weighted by molar-refractivity contribution is 9.10.